The minimum absolute atomic E-state index is 0.00127. The SMILES string of the molecule is Cc1ncc(NC(=O)c2cccc(OC(F)(F)F)c2)cc1-n1cc(-c2cncc(N3CCN(CC4CC4)CC3)c2)nn1. The van der Waals surface area contributed by atoms with Crippen LogP contribution < -0.4 is 15.0 Å². The average Bonchev–Trinajstić information content (AvgIpc) is 3.65. The number of piperazine rings is 1. The fourth-order valence-electron chi connectivity index (χ4n) is 4.97. The Hall–Kier alpha value is -4.52. The van der Waals surface area contributed by atoms with Gasteiger partial charge in [0.05, 0.1) is 41.3 Å². The van der Waals surface area contributed by atoms with Gasteiger partial charge >= 0.3 is 6.36 Å². The fourth-order valence-corrected chi connectivity index (χ4v) is 4.97. The Morgan fingerprint density at radius 3 is 2.64 bits per heavy atom. The lowest BCUT2D eigenvalue weighted by atomic mass is 10.2. The molecular weight excluding hydrogens is 549 g/mol. The maximum Gasteiger partial charge on any atom is 0.573 e. The number of carbonyl (C=O) groups excluding carboxylic acids is 1. The summed E-state index contributed by atoms with van der Waals surface area (Å²) in [5, 5.41) is 11.3. The second kappa shape index (κ2) is 11.4. The molecule has 42 heavy (non-hydrogen) atoms. The number of rotatable bonds is 8. The highest BCUT2D eigenvalue weighted by molar-refractivity contribution is 6.04. The molecule has 1 aliphatic carbocycles. The van der Waals surface area contributed by atoms with Crippen LogP contribution in [-0.4, -0.2) is 74.9 Å². The van der Waals surface area contributed by atoms with Gasteiger partial charge in [-0.05, 0) is 56.0 Å². The van der Waals surface area contributed by atoms with E-state index in [2.05, 4.69) is 46.2 Å². The lowest BCUT2D eigenvalue weighted by molar-refractivity contribution is -0.274. The number of carbonyl (C=O) groups is 1. The number of hydrogen-bond acceptors (Lipinski definition) is 8. The molecule has 1 amide bonds. The van der Waals surface area contributed by atoms with E-state index in [0.717, 1.165) is 55.5 Å². The standard InChI is InChI=1S/C29H29F3N8O2/c1-19-27(13-23(15-34-19)35-28(41)21-3-2-4-25(12-21)42-29(30,31)32)40-18-26(36-37-40)22-11-24(16-33-14-22)39-9-7-38(8-10-39)17-20-5-6-20/h2-4,11-16,18,20H,5-10,17H2,1H3,(H,35,41). The molecule has 1 saturated carbocycles. The predicted molar refractivity (Wildman–Crippen MR) is 150 cm³/mol. The first-order valence-electron chi connectivity index (χ1n) is 13.7. The third kappa shape index (κ3) is 6.68. The first-order chi connectivity index (χ1) is 20.2. The summed E-state index contributed by atoms with van der Waals surface area (Å²) in [5.74, 6) is -0.212. The molecule has 2 fully saturated rings. The van der Waals surface area contributed by atoms with Crippen LogP contribution in [0.4, 0.5) is 24.5 Å². The van der Waals surface area contributed by atoms with Crippen molar-refractivity contribution >= 4 is 17.3 Å². The molecule has 1 N–H and O–H groups in total. The number of benzene rings is 1. The minimum atomic E-state index is -4.86. The second-order valence-corrected chi connectivity index (χ2v) is 10.6. The summed E-state index contributed by atoms with van der Waals surface area (Å²) in [4.78, 5) is 26.5. The van der Waals surface area contributed by atoms with Gasteiger partial charge in [-0.1, -0.05) is 11.3 Å². The van der Waals surface area contributed by atoms with Gasteiger partial charge in [-0.2, -0.15) is 0 Å². The predicted octanol–water partition coefficient (Wildman–Crippen LogP) is 4.72. The summed E-state index contributed by atoms with van der Waals surface area (Å²) in [6.07, 6.45) is 4.71. The molecule has 10 nitrogen and oxygen atoms in total. The highest BCUT2D eigenvalue weighted by Gasteiger charge is 2.31. The van der Waals surface area contributed by atoms with Crippen molar-refractivity contribution in [3.05, 3.63) is 72.4 Å². The number of amides is 1. The number of halogens is 3. The highest BCUT2D eigenvalue weighted by Crippen LogP contribution is 2.31. The highest BCUT2D eigenvalue weighted by atomic mass is 19.4. The van der Waals surface area contributed by atoms with Gasteiger partial charge in [0.1, 0.15) is 11.4 Å². The summed E-state index contributed by atoms with van der Waals surface area (Å²) >= 11 is 0. The molecule has 1 aromatic carbocycles. The van der Waals surface area contributed by atoms with E-state index in [-0.39, 0.29) is 5.56 Å². The third-order valence-electron chi connectivity index (χ3n) is 7.36. The molecule has 0 atom stereocenters. The maximum absolute atomic E-state index is 12.8. The van der Waals surface area contributed by atoms with Gasteiger partial charge in [0, 0.05) is 50.0 Å². The third-order valence-corrected chi connectivity index (χ3v) is 7.36. The van der Waals surface area contributed by atoms with Gasteiger partial charge < -0.3 is 15.0 Å². The fraction of sp³-hybridized carbons (Fsp3) is 0.345. The number of alkyl halides is 3. The van der Waals surface area contributed by atoms with Crippen molar-refractivity contribution in [1.29, 1.82) is 0 Å². The van der Waals surface area contributed by atoms with Gasteiger partial charge in [0.25, 0.3) is 5.91 Å². The smallest absolute Gasteiger partial charge is 0.406 e. The average molecular weight is 579 g/mol. The van der Waals surface area contributed by atoms with Crippen molar-refractivity contribution in [3.8, 4) is 22.7 Å². The molecule has 2 aliphatic rings. The summed E-state index contributed by atoms with van der Waals surface area (Å²) in [7, 11) is 0. The van der Waals surface area contributed by atoms with E-state index in [0.29, 0.717) is 22.8 Å². The van der Waals surface area contributed by atoms with Crippen molar-refractivity contribution in [2.75, 3.05) is 42.9 Å². The lowest BCUT2D eigenvalue weighted by Gasteiger charge is -2.36. The van der Waals surface area contributed by atoms with Gasteiger partial charge in [-0.3, -0.25) is 19.7 Å². The van der Waals surface area contributed by atoms with Crippen molar-refractivity contribution < 1.29 is 22.7 Å². The number of nitrogens with zero attached hydrogens (tertiary/aromatic N) is 7. The zero-order chi connectivity index (χ0) is 29.3. The Bertz CT molecular complexity index is 1580. The molecule has 4 heterocycles. The Morgan fingerprint density at radius 2 is 1.88 bits per heavy atom. The molecule has 6 rings (SSSR count). The largest absolute Gasteiger partial charge is 0.573 e. The number of ether oxygens (including phenoxy) is 1. The van der Waals surface area contributed by atoms with Crippen LogP contribution in [0.1, 0.15) is 28.9 Å². The molecule has 4 aromatic rings. The Morgan fingerprint density at radius 1 is 1.07 bits per heavy atom. The molecule has 1 saturated heterocycles. The molecule has 13 heteroatoms. The van der Waals surface area contributed by atoms with E-state index in [1.54, 1.807) is 30.1 Å². The first kappa shape index (κ1) is 27.6. The number of pyridine rings is 2. The number of aromatic nitrogens is 5. The Labute approximate surface area is 240 Å². The molecule has 0 unspecified atom stereocenters. The maximum atomic E-state index is 12.8. The van der Waals surface area contributed by atoms with Crippen molar-refractivity contribution in [3.63, 3.8) is 0 Å². The van der Waals surface area contributed by atoms with Gasteiger partial charge in [0.15, 0.2) is 0 Å². The molecule has 1 aliphatic heterocycles. The molecule has 0 radical (unpaired) electrons. The number of aryl methyl sites for hydroxylation is 1. The summed E-state index contributed by atoms with van der Waals surface area (Å²) in [6.45, 7) is 7.00. The summed E-state index contributed by atoms with van der Waals surface area (Å²) < 4.78 is 43.2. The van der Waals surface area contributed by atoms with E-state index in [9.17, 15) is 18.0 Å². The zero-order valence-electron chi connectivity index (χ0n) is 22.9. The first-order valence-corrected chi connectivity index (χ1v) is 13.7. The van der Waals surface area contributed by atoms with Gasteiger partial charge in [0.2, 0.25) is 0 Å². The Balaban J connectivity index is 1.15. The molecular formula is C29H29F3N8O2. The minimum Gasteiger partial charge on any atom is -0.406 e. The normalized spacial score (nSPS) is 16.0. The van der Waals surface area contributed by atoms with Crippen molar-refractivity contribution in [2.24, 2.45) is 5.92 Å². The van der Waals surface area contributed by atoms with Crippen LogP contribution in [0.2, 0.25) is 0 Å². The van der Waals surface area contributed by atoms with Crippen LogP contribution in [-0.2, 0) is 0 Å². The summed E-state index contributed by atoms with van der Waals surface area (Å²) in [6, 6.07) is 8.58. The number of hydrogen-bond donors (Lipinski definition) is 1. The monoisotopic (exact) mass is 578 g/mol. The van der Waals surface area contributed by atoms with Crippen LogP contribution in [0.25, 0.3) is 16.9 Å². The van der Waals surface area contributed by atoms with E-state index in [1.807, 2.05) is 6.20 Å². The van der Waals surface area contributed by atoms with Crippen molar-refractivity contribution in [1.82, 2.24) is 29.9 Å². The van der Waals surface area contributed by atoms with Gasteiger partial charge in [-0.15, -0.1) is 18.3 Å². The van der Waals surface area contributed by atoms with E-state index in [1.165, 1.54) is 37.7 Å². The summed E-state index contributed by atoms with van der Waals surface area (Å²) in [5.41, 5.74) is 4.06. The topological polar surface area (TPSA) is 101 Å². The van der Waals surface area contributed by atoms with Crippen LogP contribution in [0.15, 0.2) is 61.2 Å². The van der Waals surface area contributed by atoms with E-state index >= 15 is 0 Å². The molecule has 0 spiro atoms. The van der Waals surface area contributed by atoms with E-state index in [4.69, 9.17) is 0 Å². The Kier molecular flexibility index (Phi) is 7.50. The molecule has 218 valence electrons. The number of anilines is 2. The lowest BCUT2D eigenvalue weighted by Crippen LogP contribution is -2.47. The molecule has 3 aromatic heterocycles. The molecule has 0 bridgehead atoms. The van der Waals surface area contributed by atoms with Crippen LogP contribution in [0, 0.1) is 12.8 Å². The van der Waals surface area contributed by atoms with Crippen LogP contribution >= 0.6 is 0 Å². The van der Waals surface area contributed by atoms with Crippen molar-refractivity contribution in [2.45, 2.75) is 26.1 Å². The van der Waals surface area contributed by atoms with Gasteiger partial charge in [-0.25, -0.2) is 4.68 Å². The van der Waals surface area contributed by atoms with E-state index < -0.39 is 18.0 Å². The second-order valence-electron chi connectivity index (χ2n) is 10.6. The van der Waals surface area contributed by atoms with Crippen LogP contribution in [0.3, 0.4) is 0 Å². The zero-order valence-corrected chi connectivity index (χ0v) is 22.9. The van der Waals surface area contributed by atoms with Crippen LogP contribution in [0.5, 0.6) is 5.75 Å². The quantitative estimate of drug-likeness (QED) is 0.321. The number of nitrogens with one attached hydrogen (secondary N) is 1.